The van der Waals surface area contributed by atoms with Crippen molar-refractivity contribution in [2.45, 2.75) is 13.8 Å². The minimum absolute atomic E-state index is 0.257. The molecule has 0 bridgehead atoms. The minimum Gasteiger partial charge on any atom is -0.493 e. The standard InChI is InChI=1S/C18H19BrN2O3/c1-4-24-17-15(19)9-13(10-16(17)23-3)11-20-21-18(22)14-7-5-6-12(2)8-14/h5-11H,4H2,1-3H3,(H,21,22)/b20-11+. The molecule has 0 fully saturated rings. The van der Waals surface area contributed by atoms with E-state index < -0.39 is 0 Å². The maximum Gasteiger partial charge on any atom is 0.271 e. The number of hydrogen-bond donors (Lipinski definition) is 1. The van der Waals surface area contributed by atoms with Crippen molar-refractivity contribution in [3.8, 4) is 11.5 Å². The number of hydrogen-bond acceptors (Lipinski definition) is 4. The number of nitrogens with zero attached hydrogens (tertiary/aromatic N) is 1. The van der Waals surface area contributed by atoms with E-state index in [1.807, 2.05) is 32.0 Å². The number of halogens is 1. The second-order valence-electron chi connectivity index (χ2n) is 5.04. The van der Waals surface area contributed by atoms with Gasteiger partial charge in [-0.15, -0.1) is 0 Å². The van der Waals surface area contributed by atoms with Gasteiger partial charge in [-0.3, -0.25) is 4.79 Å². The molecule has 0 aliphatic heterocycles. The molecule has 0 aromatic heterocycles. The molecule has 2 aromatic carbocycles. The quantitative estimate of drug-likeness (QED) is 0.600. The Bertz CT molecular complexity index is 760. The molecule has 2 aromatic rings. The Morgan fingerprint density at radius 2 is 2.12 bits per heavy atom. The Labute approximate surface area is 149 Å². The maximum atomic E-state index is 12.0. The fourth-order valence-corrected chi connectivity index (χ4v) is 2.69. The summed E-state index contributed by atoms with van der Waals surface area (Å²) in [5.41, 5.74) is 4.87. The number of aryl methyl sites for hydroxylation is 1. The minimum atomic E-state index is -0.257. The predicted molar refractivity (Wildman–Crippen MR) is 98.1 cm³/mol. The fourth-order valence-electron chi connectivity index (χ4n) is 2.12. The molecule has 0 aliphatic carbocycles. The molecule has 1 amide bonds. The van der Waals surface area contributed by atoms with Crippen LogP contribution < -0.4 is 14.9 Å². The van der Waals surface area contributed by atoms with E-state index in [1.165, 1.54) is 0 Å². The topological polar surface area (TPSA) is 59.9 Å². The van der Waals surface area contributed by atoms with Crippen LogP contribution in [0, 0.1) is 6.92 Å². The van der Waals surface area contributed by atoms with Crippen LogP contribution in [0.1, 0.15) is 28.4 Å². The summed E-state index contributed by atoms with van der Waals surface area (Å²) in [7, 11) is 1.57. The normalized spacial score (nSPS) is 10.7. The van der Waals surface area contributed by atoms with Gasteiger partial charge in [-0.05, 0) is 59.6 Å². The lowest BCUT2D eigenvalue weighted by atomic mass is 10.1. The second-order valence-corrected chi connectivity index (χ2v) is 5.89. The highest BCUT2D eigenvalue weighted by atomic mass is 79.9. The summed E-state index contributed by atoms with van der Waals surface area (Å²) in [4.78, 5) is 12.0. The highest BCUT2D eigenvalue weighted by Crippen LogP contribution is 2.36. The average Bonchev–Trinajstić information content (AvgIpc) is 2.57. The van der Waals surface area contributed by atoms with E-state index in [0.29, 0.717) is 23.7 Å². The molecular formula is C18H19BrN2O3. The van der Waals surface area contributed by atoms with Crippen molar-refractivity contribution in [2.75, 3.05) is 13.7 Å². The van der Waals surface area contributed by atoms with Crippen LogP contribution in [0.25, 0.3) is 0 Å². The van der Waals surface area contributed by atoms with Crippen molar-refractivity contribution in [1.82, 2.24) is 5.43 Å². The third-order valence-corrected chi connectivity index (χ3v) is 3.79. The van der Waals surface area contributed by atoms with Crippen LogP contribution in [0.5, 0.6) is 11.5 Å². The molecule has 0 aliphatic rings. The lowest BCUT2D eigenvalue weighted by molar-refractivity contribution is 0.0955. The van der Waals surface area contributed by atoms with Gasteiger partial charge in [0.05, 0.1) is 24.4 Å². The summed E-state index contributed by atoms with van der Waals surface area (Å²) < 4.78 is 11.6. The van der Waals surface area contributed by atoms with Gasteiger partial charge in [0.1, 0.15) is 0 Å². The molecule has 0 radical (unpaired) electrons. The molecule has 0 saturated carbocycles. The van der Waals surface area contributed by atoms with Crippen LogP contribution >= 0.6 is 15.9 Å². The van der Waals surface area contributed by atoms with E-state index in [4.69, 9.17) is 9.47 Å². The van der Waals surface area contributed by atoms with Crippen LogP contribution in [-0.4, -0.2) is 25.8 Å². The van der Waals surface area contributed by atoms with E-state index in [0.717, 1.165) is 15.6 Å². The van der Waals surface area contributed by atoms with Crippen molar-refractivity contribution < 1.29 is 14.3 Å². The van der Waals surface area contributed by atoms with Gasteiger partial charge >= 0.3 is 0 Å². The van der Waals surface area contributed by atoms with Crippen molar-refractivity contribution in [1.29, 1.82) is 0 Å². The van der Waals surface area contributed by atoms with Gasteiger partial charge in [0.25, 0.3) is 5.91 Å². The van der Waals surface area contributed by atoms with Crippen molar-refractivity contribution in [3.05, 3.63) is 57.6 Å². The van der Waals surface area contributed by atoms with Gasteiger partial charge in [0.2, 0.25) is 0 Å². The van der Waals surface area contributed by atoms with E-state index in [1.54, 1.807) is 31.5 Å². The highest BCUT2D eigenvalue weighted by Gasteiger charge is 2.10. The van der Waals surface area contributed by atoms with Crippen LogP contribution in [-0.2, 0) is 0 Å². The molecule has 6 heteroatoms. The zero-order chi connectivity index (χ0) is 17.5. The molecule has 24 heavy (non-hydrogen) atoms. The SMILES string of the molecule is CCOc1c(Br)cc(/C=N/NC(=O)c2cccc(C)c2)cc1OC. The smallest absolute Gasteiger partial charge is 0.271 e. The Kier molecular flexibility index (Phi) is 6.37. The predicted octanol–water partition coefficient (Wildman–Crippen LogP) is 3.93. The lowest BCUT2D eigenvalue weighted by Crippen LogP contribution is -2.17. The first kappa shape index (κ1) is 18.0. The largest absolute Gasteiger partial charge is 0.493 e. The number of hydrazone groups is 1. The Hall–Kier alpha value is -2.34. The first-order chi connectivity index (χ1) is 11.5. The number of benzene rings is 2. The zero-order valence-electron chi connectivity index (χ0n) is 13.8. The highest BCUT2D eigenvalue weighted by molar-refractivity contribution is 9.10. The van der Waals surface area contributed by atoms with Crippen molar-refractivity contribution in [3.63, 3.8) is 0 Å². The van der Waals surface area contributed by atoms with Gasteiger partial charge in [-0.25, -0.2) is 5.43 Å². The average molecular weight is 391 g/mol. The van der Waals surface area contributed by atoms with Crippen LogP contribution in [0.15, 0.2) is 46.0 Å². The summed E-state index contributed by atoms with van der Waals surface area (Å²) in [5, 5.41) is 4.00. The van der Waals surface area contributed by atoms with Gasteiger partial charge in [0, 0.05) is 5.56 Å². The Balaban J connectivity index is 2.11. The molecular weight excluding hydrogens is 372 g/mol. The number of nitrogens with one attached hydrogen (secondary N) is 1. The second kappa shape index (κ2) is 8.49. The molecule has 126 valence electrons. The van der Waals surface area contributed by atoms with Crippen molar-refractivity contribution >= 4 is 28.1 Å². The molecule has 2 rings (SSSR count). The summed E-state index contributed by atoms with van der Waals surface area (Å²) in [6, 6.07) is 11.0. The maximum absolute atomic E-state index is 12.0. The van der Waals surface area contributed by atoms with E-state index >= 15 is 0 Å². The number of carbonyl (C=O) groups excluding carboxylic acids is 1. The van der Waals surface area contributed by atoms with Crippen molar-refractivity contribution in [2.24, 2.45) is 5.10 Å². The van der Waals surface area contributed by atoms with Crippen LogP contribution in [0.4, 0.5) is 0 Å². The lowest BCUT2D eigenvalue weighted by Gasteiger charge is -2.11. The van der Waals surface area contributed by atoms with E-state index in [2.05, 4.69) is 26.5 Å². The summed E-state index contributed by atoms with van der Waals surface area (Å²) in [6.45, 7) is 4.38. The third-order valence-electron chi connectivity index (χ3n) is 3.20. The molecule has 5 nitrogen and oxygen atoms in total. The van der Waals surface area contributed by atoms with Gasteiger partial charge < -0.3 is 9.47 Å². The zero-order valence-corrected chi connectivity index (χ0v) is 15.4. The summed E-state index contributed by atoms with van der Waals surface area (Å²) >= 11 is 3.45. The number of rotatable bonds is 6. The molecule has 0 atom stereocenters. The van der Waals surface area contributed by atoms with Gasteiger partial charge in [-0.2, -0.15) is 5.10 Å². The molecule has 0 unspecified atom stereocenters. The van der Waals surface area contributed by atoms with Crippen LogP contribution in [0.3, 0.4) is 0 Å². The fraction of sp³-hybridized carbons (Fsp3) is 0.222. The number of methoxy groups -OCH3 is 1. The Morgan fingerprint density at radius 3 is 2.79 bits per heavy atom. The number of carbonyl (C=O) groups is 1. The summed E-state index contributed by atoms with van der Waals surface area (Å²) in [5.74, 6) is 0.977. The first-order valence-electron chi connectivity index (χ1n) is 7.45. The van der Waals surface area contributed by atoms with E-state index in [-0.39, 0.29) is 5.91 Å². The summed E-state index contributed by atoms with van der Waals surface area (Å²) in [6.07, 6.45) is 1.55. The first-order valence-corrected chi connectivity index (χ1v) is 8.24. The molecule has 0 saturated heterocycles. The third kappa shape index (κ3) is 4.58. The Morgan fingerprint density at radius 1 is 1.33 bits per heavy atom. The van der Waals surface area contributed by atoms with Gasteiger partial charge in [-0.1, -0.05) is 17.7 Å². The van der Waals surface area contributed by atoms with E-state index in [9.17, 15) is 4.79 Å². The molecule has 0 heterocycles. The number of ether oxygens (including phenoxy) is 2. The van der Waals surface area contributed by atoms with Crippen LogP contribution in [0.2, 0.25) is 0 Å². The monoisotopic (exact) mass is 390 g/mol. The number of amides is 1. The van der Waals surface area contributed by atoms with Gasteiger partial charge in [0.15, 0.2) is 11.5 Å². The molecule has 1 N–H and O–H groups in total. The molecule has 0 spiro atoms.